The van der Waals surface area contributed by atoms with Crippen molar-refractivity contribution in [3.8, 4) is 0 Å². The fourth-order valence-electron chi connectivity index (χ4n) is 2.23. The molecule has 1 saturated carbocycles. The zero-order chi connectivity index (χ0) is 11.5. The summed E-state index contributed by atoms with van der Waals surface area (Å²) in [4.78, 5) is 0. The van der Waals surface area contributed by atoms with E-state index < -0.39 is 0 Å². The topological polar surface area (TPSA) is 32.3 Å². The van der Waals surface area contributed by atoms with E-state index in [-0.39, 0.29) is 6.10 Å². The Morgan fingerprint density at radius 2 is 1.94 bits per heavy atom. The van der Waals surface area contributed by atoms with Gasteiger partial charge in [-0.2, -0.15) is 0 Å². The van der Waals surface area contributed by atoms with E-state index in [2.05, 4.69) is 36.5 Å². The van der Waals surface area contributed by atoms with Gasteiger partial charge in [-0.3, -0.25) is 0 Å². The summed E-state index contributed by atoms with van der Waals surface area (Å²) in [6.45, 7) is 4.66. The van der Waals surface area contributed by atoms with Crippen molar-refractivity contribution < 1.29 is 5.11 Å². The lowest BCUT2D eigenvalue weighted by atomic mass is 9.76. The van der Waals surface area contributed by atoms with Crippen molar-refractivity contribution in [2.75, 3.05) is 6.54 Å². The van der Waals surface area contributed by atoms with E-state index in [0.717, 1.165) is 0 Å². The van der Waals surface area contributed by atoms with Crippen molar-refractivity contribution >= 4 is 0 Å². The van der Waals surface area contributed by atoms with Gasteiger partial charge in [0, 0.05) is 12.6 Å². The number of benzene rings is 1. The lowest BCUT2D eigenvalue weighted by Crippen LogP contribution is -2.42. The van der Waals surface area contributed by atoms with E-state index >= 15 is 0 Å². The number of nitrogens with one attached hydrogen (secondary N) is 1. The zero-order valence-electron chi connectivity index (χ0n) is 10.1. The number of aryl methyl sites for hydroxylation is 1. The second kappa shape index (κ2) is 4.98. The molecular weight excluding hydrogens is 198 g/mol. The van der Waals surface area contributed by atoms with E-state index in [1.165, 1.54) is 24.0 Å². The zero-order valence-corrected chi connectivity index (χ0v) is 10.1. The average molecular weight is 219 g/mol. The highest BCUT2D eigenvalue weighted by Gasteiger charge is 2.29. The third kappa shape index (κ3) is 2.83. The average Bonchev–Trinajstić information content (AvgIpc) is 2.18. The molecule has 1 fully saturated rings. The number of hydrogen-bond acceptors (Lipinski definition) is 2. The number of rotatable bonds is 4. The quantitative estimate of drug-likeness (QED) is 0.813. The third-order valence-corrected chi connectivity index (χ3v) is 3.39. The molecule has 0 bridgehead atoms. The summed E-state index contributed by atoms with van der Waals surface area (Å²) < 4.78 is 0. The van der Waals surface area contributed by atoms with E-state index in [4.69, 9.17) is 0 Å². The van der Waals surface area contributed by atoms with Crippen LogP contribution in [0, 0.1) is 6.92 Å². The molecule has 1 aromatic rings. The van der Waals surface area contributed by atoms with Crippen LogP contribution in [0.3, 0.4) is 0 Å². The SMILES string of the molecule is Cc1ccc(C2CC(NCC(C)O)C2)cc1. The van der Waals surface area contributed by atoms with Crippen molar-refractivity contribution in [2.24, 2.45) is 0 Å². The van der Waals surface area contributed by atoms with Crippen LogP contribution in [0.4, 0.5) is 0 Å². The Labute approximate surface area is 97.7 Å². The molecule has 0 amide bonds. The molecule has 16 heavy (non-hydrogen) atoms. The molecular formula is C14H21NO. The number of aliphatic hydroxyl groups excluding tert-OH is 1. The highest BCUT2D eigenvalue weighted by atomic mass is 16.3. The van der Waals surface area contributed by atoms with E-state index in [9.17, 15) is 5.11 Å². The van der Waals surface area contributed by atoms with Crippen LogP contribution in [0.15, 0.2) is 24.3 Å². The van der Waals surface area contributed by atoms with Crippen LogP contribution in [0.2, 0.25) is 0 Å². The van der Waals surface area contributed by atoms with Gasteiger partial charge in [0.1, 0.15) is 0 Å². The van der Waals surface area contributed by atoms with Crippen molar-refractivity contribution in [1.29, 1.82) is 0 Å². The Kier molecular flexibility index (Phi) is 3.62. The van der Waals surface area contributed by atoms with Crippen molar-refractivity contribution in [3.63, 3.8) is 0 Å². The fourth-order valence-corrected chi connectivity index (χ4v) is 2.23. The van der Waals surface area contributed by atoms with Crippen molar-refractivity contribution in [2.45, 2.75) is 44.8 Å². The molecule has 0 spiro atoms. The lowest BCUT2D eigenvalue weighted by molar-refractivity contribution is 0.171. The molecule has 0 heterocycles. The van der Waals surface area contributed by atoms with Gasteiger partial charge in [-0.25, -0.2) is 0 Å². The minimum Gasteiger partial charge on any atom is -0.392 e. The first-order valence-corrected chi connectivity index (χ1v) is 6.13. The Bertz CT molecular complexity index is 325. The van der Waals surface area contributed by atoms with Gasteiger partial charge in [0.25, 0.3) is 0 Å². The summed E-state index contributed by atoms with van der Waals surface area (Å²) in [6.07, 6.45) is 2.17. The summed E-state index contributed by atoms with van der Waals surface area (Å²) >= 11 is 0. The molecule has 0 radical (unpaired) electrons. The second-order valence-electron chi connectivity index (χ2n) is 5.03. The van der Waals surface area contributed by atoms with Crippen LogP contribution in [0.25, 0.3) is 0 Å². The summed E-state index contributed by atoms with van der Waals surface area (Å²) in [5.74, 6) is 0.715. The van der Waals surface area contributed by atoms with Gasteiger partial charge in [0.2, 0.25) is 0 Å². The van der Waals surface area contributed by atoms with Crippen LogP contribution in [0.5, 0.6) is 0 Å². The molecule has 1 unspecified atom stereocenters. The van der Waals surface area contributed by atoms with Crippen molar-refractivity contribution in [1.82, 2.24) is 5.32 Å². The minimum absolute atomic E-state index is 0.238. The summed E-state index contributed by atoms with van der Waals surface area (Å²) in [5, 5.41) is 12.6. The van der Waals surface area contributed by atoms with Crippen LogP contribution in [0.1, 0.15) is 36.8 Å². The predicted octanol–water partition coefficient (Wildman–Crippen LogP) is 2.21. The maximum Gasteiger partial charge on any atom is 0.0636 e. The predicted molar refractivity (Wildman–Crippen MR) is 66.6 cm³/mol. The molecule has 2 heteroatoms. The highest BCUT2D eigenvalue weighted by molar-refractivity contribution is 5.26. The van der Waals surface area contributed by atoms with Gasteiger partial charge in [-0.15, -0.1) is 0 Å². The smallest absolute Gasteiger partial charge is 0.0636 e. The Morgan fingerprint density at radius 1 is 1.31 bits per heavy atom. The van der Waals surface area contributed by atoms with Gasteiger partial charge < -0.3 is 10.4 Å². The molecule has 2 N–H and O–H groups in total. The van der Waals surface area contributed by atoms with Crippen LogP contribution < -0.4 is 5.32 Å². The molecule has 88 valence electrons. The monoisotopic (exact) mass is 219 g/mol. The summed E-state index contributed by atoms with van der Waals surface area (Å²) in [5.41, 5.74) is 2.78. The summed E-state index contributed by atoms with van der Waals surface area (Å²) in [7, 11) is 0. The normalized spacial score (nSPS) is 26.2. The molecule has 0 saturated heterocycles. The van der Waals surface area contributed by atoms with Gasteiger partial charge in [0.05, 0.1) is 6.10 Å². The molecule has 2 rings (SSSR count). The second-order valence-corrected chi connectivity index (χ2v) is 5.03. The fraction of sp³-hybridized carbons (Fsp3) is 0.571. The molecule has 2 nitrogen and oxygen atoms in total. The van der Waals surface area contributed by atoms with Gasteiger partial charge in [0.15, 0.2) is 0 Å². The van der Waals surface area contributed by atoms with Gasteiger partial charge >= 0.3 is 0 Å². The van der Waals surface area contributed by atoms with Gasteiger partial charge in [-0.05, 0) is 38.2 Å². The largest absolute Gasteiger partial charge is 0.392 e. The molecule has 0 aliphatic heterocycles. The molecule has 1 aliphatic rings. The Hall–Kier alpha value is -0.860. The van der Waals surface area contributed by atoms with Gasteiger partial charge in [-0.1, -0.05) is 29.8 Å². The molecule has 1 atom stereocenters. The standard InChI is InChI=1S/C14H21NO/c1-10-3-5-12(6-4-10)13-7-14(8-13)15-9-11(2)16/h3-6,11,13-16H,7-9H2,1-2H3. The van der Waals surface area contributed by atoms with E-state index in [1.807, 2.05) is 6.92 Å². The van der Waals surface area contributed by atoms with Crippen LogP contribution in [-0.2, 0) is 0 Å². The maximum absolute atomic E-state index is 9.17. The Morgan fingerprint density at radius 3 is 2.50 bits per heavy atom. The Balaban J connectivity index is 1.77. The lowest BCUT2D eigenvalue weighted by Gasteiger charge is -2.36. The number of aliphatic hydroxyl groups is 1. The first-order valence-electron chi connectivity index (χ1n) is 6.13. The first-order chi connectivity index (χ1) is 7.65. The highest BCUT2D eigenvalue weighted by Crippen LogP contribution is 2.36. The maximum atomic E-state index is 9.17. The van der Waals surface area contributed by atoms with Crippen LogP contribution in [-0.4, -0.2) is 23.8 Å². The van der Waals surface area contributed by atoms with E-state index in [0.29, 0.717) is 18.5 Å². The third-order valence-electron chi connectivity index (χ3n) is 3.39. The summed E-state index contributed by atoms with van der Waals surface area (Å²) in [6, 6.07) is 9.45. The van der Waals surface area contributed by atoms with Crippen molar-refractivity contribution in [3.05, 3.63) is 35.4 Å². The van der Waals surface area contributed by atoms with Crippen LogP contribution >= 0.6 is 0 Å². The minimum atomic E-state index is -0.238. The molecule has 1 aromatic carbocycles. The van der Waals surface area contributed by atoms with E-state index in [1.54, 1.807) is 0 Å². The number of hydrogen-bond donors (Lipinski definition) is 2. The molecule has 0 aromatic heterocycles. The molecule has 1 aliphatic carbocycles. The first kappa shape index (κ1) is 11.6.